The summed E-state index contributed by atoms with van der Waals surface area (Å²) in [4.78, 5) is 13.4. The van der Waals surface area contributed by atoms with Crippen molar-refractivity contribution in [2.75, 3.05) is 24.6 Å². The molecule has 4 nitrogen and oxygen atoms in total. The third kappa shape index (κ3) is 3.51. The topological polar surface area (TPSA) is 49.8 Å². The number of ether oxygens (including phenoxy) is 1. The highest BCUT2D eigenvalue weighted by molar-refractivity contribution is 5.72. The Balaban J connectivity index is 2.04. The number of hydrogen-bond donors (Lipinski definition) is 1. The Morgan fingerprint density at radius 2 is 2.25 bits per heavy atom. The van der Waals surface area contributed by atoms with Crippen LogP contribution in [0.4, 0.5) is 5.69 Å². The smallest absolute Gasteiger partial charge is 0.332 e. The molecule has 1 heterocycles. The van der Waals surface area contributed by atoms with Crippen molar-refractivity contribution in [3.8, 4) is 0 Å². The molecule has 0 saturated heterocycles. The SMILES string of the molecule is CCOC(CCN1CC(C)Cc2ccccc21)C(=O)O. The number of carbonyl (C=O) groups is 1. The van der Waals surface area contributed by atoms with Crippen LogP contribution in [0.2, 0.25) is 0 Å². The van der Waals surface area contributed by atoms with E-state index < -0.39 is 12.1 Å². The molecule has 2 unspecified atom stereocenters. The minimum absolute atomic E-state index is 0.434. The fourth-order valence-corrected chi connectivity index (χ4v) is 2.87. The van der Waals surface area contributed by atoms with E-state index in [4.69, 9.17) is 9.84 Å². The molecule has 0 amide bonds. The van der Waals surface area contributed by atoms with Gasteiger partial charge in [-0.3, -0.25) is 0 Å². The average Bonchev–Trinajstić information content (AvgIpc) is 2.42. The van der Waals surface area contributed by atoms with Crippen molar-refractivity contribution >= 4 is 11.7 Å². The third-order valence-electron chi connectivity index (χ3n) is 3.74. The Morgan fingerprint density at radius 3 is 2.95 bits per heavy atom. The second kappa shape index (κ2) is 6.75. The Hall–Kier alpha value is -1.55. The Morgan fingerprint density at radius 1 is 1.50 bits per heavy atom. The van der Waals surface area contributed by atoms with Gasteiger partial charge < -0.3 is 14.7 Å². The summed E-state index contributed by atoms with van der Waals surface area (Å²) in [5, 5.41) is 9.14. The number of nitrogens with zero attached hydrogens (tertiary/aromatic N) is 1. The first kappa shape index (κ1) is 14.9. The summed E-state index contributed by atoms with van der Waals surface area (Å²) in [6.07, 6.45) is 0.912. The zero-order chi connectivity index (χ0) is 14.5. The maximum absolute atomic E-state index is 11.1. The molecule has 4 heteroatoms. The van der Waals surface area contributed by atoms with E-state index in [0.29, 0.717) is 18.9 Å². The highest BCUT2D eigenvalue weighted by atomic mass is 16.5. The summed E-state index contributed by atoms with van der Waals surface area (Å²) in [6.45, 7) is 6.20. The first-order chi connectivity index (χ1) is 9.61. The van der Waals surface area contributed by atoms with Gasteiger partial charge in [-0.1, -0.05) is 25.1 Å². The lowest BCUT2D eigenvalue weighted by Crippen LogP contribution is -2.37. The third-order valence-corrected chi connectivity index (χ3v) is 3.74. The molecule has 2 rings (SSSR count). The second-order valence-corrected chi connectivity index (χ2v) is 5.45. The summed E-state index contributed by atoms with van der Waals surface area (Å²) < 4.78 is 5.28. The minimum Gasteiger partial charge on any atom is -0.479 e. The van der Waals surface area contributed by atoms with Crippen LogP contribution in [0.5, 0.6) is 0 Å². The average molecular weight is 277 g/mol. The highest BCUT2D eigenvalue weighted by Gasteiger charge is 2.24. The number of hydrogen-bond acceptors (Lipinski definition) is 3. The van der Waals surface area contributed by atoms with Crippen LogP contribution >= 0.6 is 0 Å². The van der Waals surface area contributed by atoms with Gasteiger partial charge in [-0.25, -0.2) is 4.79 Å². The minimum atomic E-state index is -0.870. The normalized spacial score (nSPS) is 19.5. The fourth-order valence-electron chi connectivity index (χ4n) is 2.87. The monoisotopic (exact) mass is 277 g/mol. The second-order valence-electron chi connectivity index (χ2n) is 5.45. The zero-order valence-corrected chi connectivity index (χ0v) is 12.2. The van der Waals surface area contributed by atoms with Crippen molar-refractivity contribution in [3.05, 3.63) is 29.8 Å². The van der Waals surface area contributed by atoms with Gasteiger partial charge in [-0.2, -0.15) is 0 Å². The van der Waals surface area contributed by atoms with Crippen LogP contribution in [0.15, 0.2) is 24.3 Å². The van der Waals surface area contributed by atoms with Gasteiger partial charge in [-0.05, 0) is 30.9 Å². The molecule has 1 aromatic rings. The van der Waals surface area contributed by atoms with Gasteiger partial charge in [0.1, 0.15) is 0 Å². The van der Waals surface area contributed by atoms with E-state index in [9.17, 15) is 4.79 Å². The van der Waals surface area contributed by atoms with Crippen molar-refractivity contribution < 1.29 is 14.6 Å². The number of carboxylic acid groups (broad SMARTS) is 1. The molecule has 110 valence electrons. The molecule has 1 N–H and O–H groups in total. The molecule has 20 heavy (non-hydrogen) atoms. The number of aliphatic carboxylic acids is 1. The van der Waals surface area contributed by atoms with Gasteiger partial charge in [0.2, 0.25) is 0 Å². The van der Waals surface area contributed by atoms with E-state index >= 15 is 0 Å². The first-order valence-electron chi connectivity index (χ1n) is 7.29. The van der Waals surface area contributed by atoms with Gasteiger partial charge in [-0.15, -0.1) is 0 Å². The van der Waals surface area contributed by atoms with E-state index in [2.05, 4.69) is 30.0 Å². The molecule has 1 aromatic carbocycles. The summed E-state index contributed by atoms with van der Waals surface area (Å²) in [6, 6.07) is 8.39. The largest absolute Gasteiger partial charge is 0.479 e. The zero-order valence-electron chi connectivity index (χ0n) is 12.2. The lowest BCUT2D eigenvalue weighted by molar-refractivity contribution is -0.150. The quantitative estimate of drug-likeness (QED) is 0.868. The molecule has 0 radical (unpaired) electrons. The predicted octanol–water partition coefficient (Wildman–Crippen LogP) is 2.57. The summed E-state index contributed by atoms with van der Waals surface area (Å²) in [7, 11) is 0. The number of rotatable bonds is 6. The van der Waals surface area contributed by atoms with Crippen molar-refractivity contribution in [2.45, 2.75) is 32.8 Å². The van der Waals surface area contributed by atoms with Crippen molar-refractivity contribution in [1.29, 1.82) is 0 Å². The Labute approximate surface area is 120 Å². The number of carboxylic acids is 1. The molecule has 1 aliphatic heterocycles. The van der Waals surface area contributed by atoms with Gasteiger partial charge in [0.15, 0.2) is 6.10 Å². The van der Waals surface area contributed by atoms with E-state index in [1.807, 2.05) is 13.0 Å². The number of anilines is 1. The van der Waals surface area contributed by atoms with E-state index in [-0.39, 0.29) is 0 Å². The molecule has 0 saturated carbocycles. The molecule has 0 aromatic heterocycles. The van der Waals surface area contributed by atoms with Crippen LogP contribution in [-0.4, -0.2) is 36.9 Å². The summed E-state index contributed by atoms with van der Waals surface area (Å²) >= 11 is 0. The van der Waals surface area contributed by atoms with Gasteiger partial charge in [0.05, 0.1) is 0 Å². The molecule has 0 fully saturated rings. The van der Waals surface area contributed by atoms with Crippen LogP contribution in [0.3, 0.4) is 0 Å². The Kier molecular flexibility index (Phi) is 5.01. The van der Waals surface area contributed by atoms with Crippen molar-refractivity contribution in [3.63, 3.8) is 0 Å². The Bertz CT molecular complexity index is 461. The molecular formula is C16H23NO3. The van der Waals surface area contributed by atoms with Gasteiger partial charge in [0, 0.05) is 31.8 Å². The van der Waals surface area contributed by atoms with Gasteiger partial charge in [0.25, 0.3) is 0 Å². The van der Waals surface area contributed by atoms with Crippen LogP contribution in [0, 0.1) is 5.92 Å². The molecule has 0 spiro atoms. The number of para-hydroxylation sites is 1. The van der Waals surface area contributed by atoms with Crippen LogP contribution in [-0.2, 0) is 16.0 Å². The van der Waals surface area contributed by atoms with E-state index in [1.165, 1.54) is 11.3 Å². The highest BCUT2D eigenvalue weighted by Crippen LogP contribution is 2.29. The van der Waals surface area contributed by atoms with Crippen molar-refractivity contribution in [2.24, 2.45) is 5.92 Å². The predicted molar refractivity (Wildman–Crippen MR) is 79.2 cm³/mol. The first-order valence-corrected chi connectivity index (χ1v) is 7.29. The van der Waals surface area contributed by atoms with Crippen LogP contribution in [0.1, 0.15) is 25.8 Å². The summed E-state index contributed by atoms with van der Waals surface area (Å²) in [5.41, 5.74) is 2.60. The van der Waals surface area contributed by atoms with E-state index in [1.54, 1.807) is 0 Å². The molecule has 2 atom stereocenters. The maximum Gasteiger partial charge on any atom is 0.332 e. The summed E-state index contributed by atoms with van der Waals surface area (Å²) in [5.74, 6) is -0.273. The van der Waals surface area contributed by atoms with Crippen LogP contribution in [0.25, 0.3) is 0 Å². The molecule has 0 bridgehead atoms. The lowest BCUT2D eigenvalue weighted by Gasteiger charge is -2.35. The number of benzene rings is 1. The molecular weight excluding hydrogens is 254 g/mol. The molecule has 1 aliphatic rings. The van der Waals surface area contributed by atoms with Gasteiger partial charge >= 0.3 is 5.97 Å². The maximum atomic E-state index is 11.1. The lowest BCUT2D eigenvalue weighted by atomic mass is 9.93. The molecule has 0 aliphatic carbocycles. The fraction of sp³-hybridized carbons (Fsp3) is 0.562. The number of fused-ring (bicyclic) bond motifs is 1. The van der Waals surface area contributed by atoms with Crippen molar-refractivity contribution in [1.82, 2.24) is 0 Å². The van der Waals surface area contributed by atoms with E-state index in [0.717, 1.165) is 19.5 Å². The standard InChI is InChI=1S/C16H23NO3/c1-3-20-15(16(18)19)8-9-17-11-12(2)10-13-6-4-5-7-14(13)17/h4-7,12,15H,3,8-11H2,1-2H3,(H,18,19). The van der Waals surface area contributed by atoms with Crippen LogP contribution < -0.4 is 4.90 Å².